The molecular formula is C26H25FN6O3. The Balaban J connectivity index is 1.28. The van der Waals surface area contributed by atoms with E-state index >= 15 is 0 Å². The Morgan fingerprint density at radius 2 is 2.11 bits per heavy atom. The second kappa shape index (κ2) is 8.89. The Morgan fingerprint density at radius 3 is 2.92 bits per heavy atom. The molecule has 0 unspecified atom stereocenters. The van der Waals surface area contributed by atoms with Gasteiger partial charge in [0, 0.05) is 37.5 Å². The minimum Gasteiger partial charge on any atom is -0.391 e. The van der Waals surface area contributed by atoms with Crippen molar-refractivity contribution in [3.63, 3.8) is 0 Å². The number of benzene rings is 1. The van der Waals surface area contributed by atoms with Gasteiger partial charge in [0.15, 0.2) is 0 Å². The van der Waals surface area contributed by atoms with Crippen LogP contribution in [0.15, 0.2) is 55.0 Å². The van der Waals surface area contributed by atoms with Crippen molar-refractivity contribution < 1.29 is 19.0 Å². The number of nitrogens with zero attached hydrogens (tertiary/aromatic N) is 4. The molecule has 2 aliphatic heterocycles. The highest BCUT2D eigenvalue weighted by molar-refractivity contribution is 6.06. The minimum absolute atomic E-state index is 0.164. The van der Waals surface area contributed by atoms with Crippen LogP contribution in [0.5, 0.6) is 0 Å². The van der Waals surface area contributed by atoms with Crippen LogP contribution in [0, 0.1) is 5.82 Å². The molecule has 184 valence electrons. The fourth-order valence-electron chi connectivity index (χ4n) is 4.83. The average Bonchev–Trinajstić information content (AvgIpc) is 3.48. The van der Waals surface area contributed by atoms with Crippen molar-refractivity contribution >= 4 is 28.7 Å². The van der Waals surface area contributed by atoms with Gasteiger partial charge in [0.2, 0.25) is 0 Å². The summed E-state index contributed by atoms with van der Waals surface area (Å²) in [6.07, 6.45) is 4.33. The quantitative estimate of drug-likeness (QED) is 0.397. The second-order valence-electron chi connectivity index (χ2n) is 9.04. The highest BCUT2D eigenvalue weighted by Gasteiger charge is 2.28. The lowest BCUT2D eigenvalue weighted by atomic mass is 9.99. The first-order valence-corrected chi connectivity index (χ1v) is 11.8. The van der Waals surface area contributed by atoms with E-state index < -0.39 is 6.10 Å². The number of ether oxygens (including phenoxy) is 1. The maximum atomic E-state index is 13.6. The van der Waals surface area contributed by atoms with Gasteiger partial charge in [-0.3, -0.25) is 9.20 Å². The summed E-state index contributed by atoms with van der Waals surface area (Å²) in [5.74, 6) is 0.0958. The highest BCUT2D eigenvalue weighted by Crippen LogP contribution is 2.35. The van der Waals surface area contributed by atoms with Crippen LogP contribution in [0.2, 0.25) is 0 Å². The normalized spacial score (nSPS) is 18.2. The predicted octanol–water partition coefficient (Wildman–Crippen LogP) is 3.11. The Bertz CT molecular complexity index is 1450. The Morgan fingerprint density at radius 1 is 1.22 bits per heavy atom. The summed E-state index contributed by atoms with van der Waals surface area (Å²) in [5, 5.41) is 16.1. The molecule has 5 heterocycles. The zero-order chi connectivity index (χ0) is 24.8. The molecule has 0 aliphatic carbocycles. The van der Waals surface area contributed by atoms with Crippen molar-refractivity contribution in [1.82, 2.24) is 19.7 Å². The van der Waals surface area contributed by atoms with Crippen LogP contribution >= 0.6 is 0 Å². The number of aliphatic hydroxyl groups excluding tert-OH is 1. The summed E-state index contributed by atoms with van der Waals surface area (Å²) < 4.78 is 21.1. The monoisotopic (exact) mass is 488 g/mol. The van der Waals surface area contributed by atoms with Gasteiger partial charge in [0.1, 0.15) is 23.4 Å². The van der Waals surface area contributed by atoms with Crippen molar-refractivity contribution in [2.75, 3.05) is 29.9 Å². The number of carbonyl (C=O) groups excluding carboxylic acids is 1. The molecule has 0 saturated carbocycles. The maximum Gasteiger partial charge on any atom is 0.254 e. The van der Waals surface area contributed by atoms with Crippen LogP contribution in [-0.4, -0.2) is 57.3 Å². The van der Waals surface area contributed by atoms with E-state index in [1.807, 2.05) is 28.7 Å². The molecule has 1 amide bonds. The van der Waals surface area contributed by atoms with E-state index in [0.29, 0.717) is 42.4 Å². The lowest BCUT2D eigenvalue weighted by Crippen LogP contribution is -2.47. The number of nitrogens with one attached hydrogen (secondary N) is 2. The summed E-state index contributed by atoms with van der Waals surface area (Å²) in [4.78, 5) is 23.8. The third-order valence-corrected chi connectivity index (χ3v) is 6.72. The number of carbonyl (C=O) groups is 1. The number of fused-ring (bicyclic) bond motifs is 2. The Hall–Kier alpha value is -4.02. The van der Waals surface area contributed by atoms with Gasteiger partial charge in [-0.15, -0.1) is 0 Å². The first kappa shape index (κ1) is 22.4. The number of imidazole rings is 1. The third kappa shape index (κ3) is 3.94. The summed E-state index contributed by atoms with van der Waals surface area (Å²) >= 11 is 0. The molecule has 4 aromatic rings. The van der Waals surface area contributed by atoms with E-state index in [1.54, 1.807) is 25.5 Å². The molecule has 36 heavy (non-hydrogen) atoms. The van der Waals surface area contributed by atoms with Crippen LogP contribution in [0.4, 0.5) is 21.6 Å². The Kier molecular flexibility index (Phi) is 5.54. The third-order valence-electron chi connectivity index (χ3n) is 6.72. The van der Waals surface area contributed by atoms with Crippen molar-refractivity contribution in [3.05, 3.63) is 71.9 Å². The summed E-state index contributed by atoms with van der Waals surface area (Å²) in [6.45, 7) is 3.99. The molecule has 2 atom stereocenters. The first-order valence-electron chi connectivity index (χ1n) is 11.8. The Labute approximate surface area is 206 Å². The van der Waals surface area contributed by atoms with Gasteiger partial charge < -0.3 is 25.4 Å². The molecule has 10 heteroatoms. The van der Waals surface area contributed by atoms with E-state index in [0.717, 1.165) is 29.1 Å². The largest absolute Gasteiger partial charge is 0.391 e. The smallest absolute Gasteiger partial charge is 0.254 e. The summed E-state index contributed by atoms with van der Waals surface area (Å²) in [6, 6.07) is 10.4. The molecule has 2 aliphatic rings. The van der Waals surface area contributed by atoms with Gasteiger partial charge in [-0.25, -0.2) is 14.4 Å². The number of hydrogen-bond donors (Lipinski definition) is 3. The standard InChI is InChI=1S/C26H25FN6O3/c1-15(34)22-14-32(8-9-36-22)17-2-5-23(28-11-17)31-20-4-3-18(19-12-30-26(35)25(19)20)21-13-29-24-10-16(27)6-7-33(21)24/h2-7,10-11,13,15,22,34H,8-9,12,14H2,1H3,(H,28,31)(H,30,35)/t15-,22-/m1/s1. The number of aromatic nitrogens is 3. The number of morpholine rings is 1. The SMILES string of the molecule is C[C@@H](O)[C@H]1CN(c2ccc(Nc3ccc(-c4cnc5cc(F)ccn45)c4c3C(=O)NC4)nc2)CCO1. The predicted molar refractivity (Wildman–Crippen MR) is 133 cm³/mol. The maximum absolute atomic E-state index is 13.6. The summed E-state index contributed by atoms with van der Waals surface area (Å²) in [5.41, 5.74) is 5.15. The molecule has 0 bridgehead atoms. The lowest BCUT2D eigenvalue weighted by molar-refractivity contribution is -0.0364. The molecule has 3 aromatic heterocycles. The first-order chi connectivity index (χ1) is 17.5. The van der Waals surface area contributed by atoms with Crippen LogP contribution in [0.1, 0.15) is 22.8 Å². The van der Waals surface area contributed by atoms with E-state index in [9.17, 15) is 14.3 Å². The fraction of sp³-hybridized carbons (Fsp3) is 0.269. The zero-order valence-corrected chi connectivity index (χ0v) is 19.6. The van der Waals surface area contributed by atoms with E-state index in [2.05, 4.69) is 25.5 Å². The van der Waals surface area contributed by atoms with Crippen molar-refractivity contribution in [1.29, 1.82) is 0 Å². The van der Waals surface area contributed by atoms with Gasteiger partial charge in [0.25, 0.3) is 5.91 Å². The number of rotatable bonds is 5. The number of hydrogen-bond acceptors (Lipinski definition) is 7. The molecule has 6 rings (SSSR count). The van der Waals surface area contributed by atoms with Gasteiger partial charge in [-0.05, 0) is 36.8 Å². The van der Waals surface area contributed by atoms with Crippen molar-refractivity contribution in [2.45, 2.75) is 25.7 Å². The van der Waals surface area contributed by atoms with Gasteiger partial charge in [-0.1, -0.05) is 6.07 Å². The lowest BCUT2D eigenvalue weighted by Gasteiger charge is -2.35. The molecule has 0 radical (unpaired) electrons. The van der Waals surface area contributed by atoms with Gasteiger partial charge in [0.05, 0.1) is 47.7 Å². The van der Waals surface area contributed by atoms with E-state index in [1.165, 1.54) is 12.1 Å². The molecular weight excluding hydrogens is 463 g/mol. The zero-order valence-electron chi connectivity index (χ0n) is 19.6. The number of aliphatic hydroxyl groups is 1. The molecule has 1 aromatic carbocycles. The number of anilines is 3. The van der Waals surface area contributed by atoms with Crippen LogP contribution in [0.25, 0.3) is 16.9 Å². The molecule has 0 spiro atoms. The average molecular weight is 489 g/mol. The molecule has 3 N–H and O–H groups in total. The van der Waals surface area contributed by atoms with Crippen molar-refractivity contribution in [2.24, 2.45) is 0 Å². The minimum atomic E-state index is -0.542. The second-order valence-corrected chi connectivity index (χ2v) is 9.04. The highest BCUT2D eigenvalue weighted by atomic mass is 19.1. The number of amides is 1. The van der Waals surface area contributed by atoms with E-state index in [4.69, 9.17) is 4.74 Å². The topological polar surface area (TPSA) is 104 Å². The molecule has 1 fully saturated rings. The van der Waals surface area contributed by atoms with Gasteiger partial charge in [-0.2, -0.15) is 0 Å². The summed E-state index contributed by atoms with van der Waals surface area (Å²) in [7, 11) is 0. The fourth-order valence-corrected chi connectivity index (χ4v) is 4.83. The van der Waals surface area contributed by atoms with Crippen LogP contribution in [-0.2, 0) is 11.3 Å². The van der Waals surface area contributed by atoms with Crippen LogP contribution < -0.4 is 15.5 Å². The van der Waals surface area contributed by atoms with Gasteiger partial charge >= 0.3 is 0 Å². The molecule has 1 saturated heterocycles. The van der Waals surface area contributed by atoms with Crippen molar-refractivity contribution in [3.8, 4) is 11.3 Å². The number of halogens is 1. The molecule has 9 nitrogen and oxygen atoms in total. The van der Waals surface area contributed by atoms with Crippen LogP contribution in [0.3, 0.4) is 0 Å². The number of pyridine rings is 2. The van der Waals surface area contributed by atoms with E-state index in [-0.39, 0.29) is 17.8 Å².